The largest absolute Gasteiger partial charge is 0.461 e. The van der Waals surface area contributed by atoms with Gasteiger partial charge in [-0.3, -0.25) is 4.79 Å². The number of benzene rings is 1. The van der Waals surface area contributed by atoms with Gasteiger partial charge >= 0.3 is 5.97 Å². The Labute approximate surface area is 149 Å². The van der Waals surface area contributed by atoms with Crippen molar-refractivity contribution >= 4 is 16.7 Å². The minimum absolute atomic E-state index is 0.129. The minimum atomic E-state index is -0.471. The monoisotopic (exact) mass is 344 g/mol. The number of ether oxygens (including phenoxy) is 1. The van der Waals surface area contributed by atoms with E-state index in [-0.39, 0.29) is 22.7 Å². The van der Waals surface area contributed by atoms with Crippen molar-refractivity contribution in [1.29, 1.82) is 0 Å². The molecule has 2 rings (SSSR count). The van der Waals surface area contributed by atoms with Gasteiger partial charge in [-0.05, 0) is 44.6 Å². The number of aromatic nitrogens is 2. The normalized spacial score (nSPS) is 11.9. The van der Waals surface area contributed by atoms with Crippen LogP contribution in [0, 0.1) is 5.41 Å². The summed E-state index contributed by atoms with van der Waals surface area (Å²) in [5.41, 5.74) is 0.307. The molecule has 0 unspecified atom stereocenters. The first-order valence-corrected chi connectivity index (χ1v) is 8.89. The molecule has 5 heteroatoms. The molecule has 0 fully saturated rings. The van der Waals surface area contributed by atoms with Crippen LogP contribution in [0.3, 0.4) is 0 Å². The zero-order chi connectivity index (χ0) is 18.6. The van der Waals surface area contributed by atoms with Crippen molar-refractivity contribution in [2.45, 2.75) is 59.9 Å². The van der Waals surface area contributed by atoms with Gasteiger partial charge in [0.1, 0.15) is 0 Å². The summed E-state index contributed by atoms with van der Waals surface area (Å²) in [6.07, 6.45) is 2.92. The molecule has 0 bridgehead atoms. The summed E-state index contributed by atoms with van der Waals surface area (Å²) in [7, 11) is 0. The van der Waals surface area contributed by atoms with Gasteiger partial charge in [-0.25, -0.2) is 9.48 Å². The Kier molecular flexibility index (Phi) is 5.98. The fourth-order valence-corrected chi connectivity index (χ4v) is 2.70. The third kappa shape index (κ3) is 4.91. The molecule has 1 heterocycles. The summed E-state index contributed by atoms with van der Waals surface area (Å²) in [6.45, 7) is 10.7. The van der Waals surface area contributed by atoms with Crippen molar-refractivity contribution in [2.75, 3.05) is 6.61 Å². The van der Waals surface area contributed by atoms with E-state index in [9.17, 15) is 9.59 Å². The average molecular weight is 344 g/mol. The maximum atomic E-state index is 12.5. The van der Waals surface area contributed by atoms with Crippen molar-refractivity contribution in [2.24, 2.45) is 5.41 Å². The second-order valence-corrected chi connectivity index (χ2v) is 7.89. The topological polar surface area (TPSA) is 61.2 Å². The van der Waals surface area contributed by atoms with Gasteiger partial charge in [-0.1, -0.05) is 39.0 Å². The van der Waals surface area contributed by atoms with Gasteiger partial charge in [0, 0.05) is 5.39 Å². The number of fused-ring (bicyclic) bond motifs is 1. The smallest absolute Gasteiger partial charge is 0.359 e. The predicted molar refractivity (Wildman–Crippen MR) is 100.0 cm³/mol. The Morgan fingerprint density at radius 2 is 1.80 bits per heavy atom. The molecule has 5 nitrogen and oxygen atoms in total. The van der Waals surface area contributed by atoms with Gasteiger partial charge in [0.25, 0.3) is 5.56 Å². The summed E-state index contributed by atoms with van der Waals surface area (Å²) in [4.78, 5) is 25.0. The van der Waals surface area contributed by atoms with Crippen LogP contribution in [0.5, 0.6) is 0 Å². The van der Waals surface area contributed by atoms with Crippen molar-refractivity contribution < 1.29 is 9.53 Å². The van der Waals surface area contributed by atoms with Crippen molar-refractivity contribution in [1.82, 2.24) is 9.78 Å². The van der Waals surface area contributed by atoms with E-state index in [1.54, 1.807) is 24.3 Å². The van der Waals surface area contributed by atoms with Crippen LogP contribution in [-0.2, 0) is 4.74 Å². The summed E-state index contributed by atoms with van der Waals surface area (Å²) in [5.74, 6) is -0.471. The molecule has 0 radical (unpaired) electrons. The van der Waals surface area contributed by atoms with Crippen molar-refractivity contribution in [3.8, 4) is 0 Å². The molecule has 0 amide bonds. The Morgan fingerprint density at radius 3 is 2.40 bits per heavy atom. The molecule has 1 aromatic heterocycles. The maximum absolute atomic E-state index is 12.5. The van der Waals surface area contributed by atoms with Gasteiger partial charge in [0.05, 0.1) is 18.0 Å². The molecule has 2 aromatic rings. The van der Waals surface area contributed by atoms with Crippen LogP contribution in [0.15, 0.2) is 29.1 Å². The molecule has 0 spiro atoms. The van der Waals surface area contributed by atoms with Gasteiger partial charge in [0.2, 0.25) is 0 Å². The van der Waals surface area contributed by atoms with Crippen molar-refractivity contribution in [3.05, 3.63) is 40.3 Å². The van der Waals surface area contributed by atoms with E-state index in [1.807, 2.05) is 13.8 Å². The molecular formula is C20H28N2O3. The highest BCUT2D eigenvalue weighted by molar-refractivity contribution is 6.02. The van der Waals surface area contributed by atoms with Crippen LogP contribution >= 0.6 is 0 Å². The van der Waals surface area contributed by atoms with Crippen LogP contribution in [0.1, 0.15) is 70.4 Å². The third-order valence-corrected chi connectivity index (χ3v) is 4.07. The summed E-state index contributed by atoms with van der Waals surface area (Å²) in [6, 6.07) is 6.91. The lowest BCUT2D eigenvalue weighted by Gasteiger charge is -2.17. The molecule has 25 heavy (non-hydrogen) atoms. The van der Waals surface area contributed by atoms with E-state index in [2.05, 4.69) is 25.9 Å². The van der Waals surface area contributed by atoms with Crippen molar-refractivity contribution in [3.63, 3.8) is 0 Å². The zero-order valence-corrected chi connectivity index (χ0v) is 15.8. The quantitative estimate of drug-likeness (QED) is 0.577. The molecule has 0 atom stereocenters. The fraction of sp³-hybridized carbons (Fsp3) is 0.550. The first-order chi connectivity index (χ1) is 11.7. The van der Waals surface area contributed by atoms with Crippen LogP contribution in [0.4, 0.5) is 0 Å². The number of hydrogen-bond acceptors (Lipinski definition) is 4. The van der Waals surface area contributed by atoms with Gasteiger partial charge in [-0.15, -0.1) is 0 Å². The zero-order valence-electron chi connectivity index (χ0n) is 15.8. The second-order valence-electron chi connectivity index (χ2n) is 7.89. The Bertz CT molecular complexity index is 801. The van der Waals surface area contributed by atoms with E-state index in [0.717, 1.165) is 19.3 Å². The SMILES string of the molecule is CC(C)n1nc(C(=O)OCCCCC(C)(C)C)c2ccccc2c1=O. The number of rotatable bonds is 6. The highest BCUT2D eigenvalue weighted by Gasteiger charge is 2.19. The fourth-order valence-electron chi connectivity index (χ4n) is 2.70. The lowest BCUT2D eigenvalue weighted by Crippen LogP contribution is -2.28. The lowest BCUT2D eigenvalue weighted by atomic mass is 9.90. The van der Waals surface area contributed by atoms with E-state index in [0.29, 0.717) is 17.4 Å². The summed E-state index contributed by atoms with van der Waals surface area (Å²) >= 11 is 0. The molecular weight excluding hydrogens is 316 g/mol. The van der Waals surface area contributed by atoms with Crippen LogP contribution in [0.25, 0.3) is 10.8 Å². The Balaban J connectivity index is 2.18. The van der Waals surface area contributed by atoms with Crippen LogP contribution < -0.4 is 5.56 Å². The van der Waals surface area contributed by atoms with E-state index in [1.165, 1.54) is 4.68 Å². The standard InChI is InChI=1S/C20H28N2O3/c1-14(2)22-18(23)16-11-7-6-10-15(16)17(21-22)19(24)25-13-9-8-12-20(3,4)5/h6-7,10-11,14H,8-9,12-13H2,1-5H3. The predicted octanol–water partition coefficient (Wildman–Crippen LogP) is 4.35. The first-order valence-electron chi connectivity index (χ1n) is 8.89. The maximum Gasteiger partial charge on any atom is 0.359 e. The number of esters is 1. The lowest BCUT2D eigenvalue weighted by molar-refractivity contribution is 0.0488. The molecule has 1 aromatic carbocycles. The molecule has 0 N–H and O–H groups in total. The molecule has 136 valence electrons. The minimum Gasteiger partial charge on any atom is -0.461 e. The van der Waals surface area contributed by atoms with Gasteiger partial charge in [0.15, 0.2) is 5.69 Å². The highest BCUT2D eigenvalue weighted by Crippen LogP contribution is 2.21. The second kappa shape index (κ2) is 7.81. The molecule has 0 aliphatic rings. The molecule has 0 saturated heterocycles. The third-order valence-electron chi connectivity index (χ3n) is 4.07. The highest BCUT2D eigenvalue weighted by atomic mass is 16.5. The molecule has 0 saturated carbocycles. The van der Waals surface area contributed by atoms with Gasteiger partial charge in [-0.2, -0.15) is 5.10 Å². The number of carbonyl (C=O) groups excluding carboxylic acids is 1. The Morgan fingerprint density at radius 1 is 1.16 bits per heavy atom. The molecule has 0 aliphatic carbocycles. The summed E-state index contributed by atoms with van der Waals surface area (Å²) in [5, 5.41) is 5.30. The number of unbranched alkanes of at least 4 members (excludes halogenated alkanes) is 1. The number of hydrogen-bond donors (Lipinski definition) is 0. The van der Waals surface area contributed by atoms with Crippen LogP contribution in [-0.4, -0.2) is 22.4 Å². The Hall–Kier alpha value is -2.17. The van der Waals surface area contributed by atoms with Gasteiger partial charge < -0.3 is 4.74 Å². The van der Waals surface area contributed by atoms with E-state index in [4.69, 9.17) is 4.74 Å². The number of carbonyl (C=O) groups is 1. The first kappa shape index (κ1) is 19.2. The summed E-state index contributed by atoms with van der Waals surface area (Å²) < 4.78 is 6.75. The molecule has 0 aliphatic heterocycles. The number of nitrogens with zero attached hydrogens (tertiary/aromatic N) is 2. The average Bonchev–Trinajstić information content (AvgIpc) is 2.53. The van der Waals surface area contributed by atoms with E-state index >= 15 is 0 Å². The van der Waals surface area contributed by atoms with E-state index < -0.39 is 5.97 Å². The van der Waals surface area contributed by atoms with Crippen LogP contribution in [0.2, 0.25) is 0 Å².